The summed E-state index contributed by atoms with van der Waals surface area (Å²) in [5.74, 6) is 0.337. The van der Waals surface area contributed by atoms with E-state index in [1.165, 1.54) is 18.9 Å². The van der Waals surface area contributed by atoms with Gasteiger partial charge in [-0.25, -0.2) is 0 Å². The number of halogens is 1. The summed E-state index contributed by atoms with van der Waals surface area (Å²) in [6.07, 6.45) is 0. The summed E-state index contributed by atoms with van der Waals surface area (Å²) in [6, 6.07) is 12.9. The minimum absolute atomic E-state index is 0.0996. The van der Waals surface area contributed by atoms with Gasteiger partial charge in [0.1, 0.15) is 0 Å². The number of carbonyl (C=O) groups is 1. The van der Waals surface area contributed by atoms with Crippen LogP contribution in [0.2, 0.25) is 0 Å². The molecular formula is C17H14BrN3O3S. The van der Waals surface area contributed by atoms with E-state index in [1.54, 1.807) is 10.4 Å². The van der Waals surface area contributed by atoms with Gasteiger partial charge >= 0.3 is 11.1 Å². The molecule has 0 saturated heterocycles. The lowest BCUT2D eigenvalue weighted by atomic mass is 10.2. The molecule has 6 nitrogen and oxygen atoms in total. The number of nitrogens with zero attached hydrogens (tertiary/aromatic N) is 1. The number of fused-ring (bicyclic) bond motifs is 1. The number of hydrogen-bond donors (Lipinski definition) is 2. The molecule has 1 heterocycles. The number of nitrogens with one attached hydrogen (secondary N) is 2. The second-order valence-corrected chi connectivity index (χ2v) is 7.15. The summed E-state index contributed by atoms with van der Waals surface area (Å²) in [4.78, 5) is 40.3. The van der Waals surface area contributed by atoms with Crippen molar-refractivity contribution in [2.24, 2.45) is 0 Å². The van der Waals surface area contributed by atoms with Gasteiger partial charge in [-0.05, 0) is 41.8 Å². The van der Waals surface area contributed by atoms with Crippen molar-refractivity contribution in [3.05, 3.63) is 73.2 Å². The number of amides is 1. The maximum absolute atomic E-state index is 12.0. The molecule has 8 heteroatoms. The quantitative estimate of drug-likeness (QED) is 0.502. The van der Waals surface area contributed by atoms with E-state index in [9.17, 15) is 14.4 Å². The van der Waals surface area contributed by atoms with Crippen LogP contribution < -0.4 is 15.4 Å². The van der Waals surface area contributed by atoms with E-state index < -0.39 is 11.1 Å². The number of rotatable bonds is 4. The van der Waals surface area contributed by atoms with Crippen molar-refractivity contribution in [1.29, 1.82) is 0 Å². The normalized spacial score (nSPS) is 10.8. The minimum atomic E-state index is -0.701. The van der Waals surface area contributed by atoms with Crippen molar-refractivity contribution in [2.45, 2.75) is 12.7 Å². The molecule has 1 amide bonds. The minimum Gasteiger partial charge on any atom is -0.316 e. The van der Waals surface area contributed by atoms with Gasteiger partial charge in [0.25, 0.3) is 0 Å². The van der Waals surface area contributed by atoms with Crippen LogP contribution in [0.15, 0.2) is 56.5 Å². The Morgan fingerprint density at radius 1 is 1.12 bits per heavy atom. The molecule has 0 aliphatic heterocycles. The Labute approximate surface area is 155 Å². The van der Waals surface area contributed by atoms with Crippen LogP contribution in [0, 0.1) is 0 Å². The summed E-state index contributed by atoms with van der Waals surface area (Å²) in [6.45, 7) is 1.50. The molecule has 25 heavy (non-hydrogen) atoms. The Morgan fingerprint density at radius 2 is 1.80 bits per heavy atom. The topological polar surface area (TPSA) is 86.0 Å². The van der Waals surface area contributed by atoms with Crippen molar-refractivity contribution >= 4 is 50.5 Å². The van der Waals surface area contributed by atoms with E-state index >= 15 is 0 Å². The SMILES string of the molecule is CC(=O)N(SCc1cc(Br)cc2[nH]c(=O)c(=O)[nH]c12)c1ccccc1. The zero-order chi connectivity index (χ0) is 18.0. The van der Waals surface area contributed by atoms with Crippen molar-refractivity contribution in [3.63, 3.8) is 0 Å². The van der Waals surface area contributed by atoms with Crippen molar-refractivity contribution in [2.75, 3.05) is 4.31 Å². The molecule has 2 aromatic carbocycles. The van der Waals surface area contributed by atoms with Crippen LogP contribution in [0.25, 0.3) is 11.0 Å². The van der Waals surface area contributed by atoms with E-state index in [0.717, 1.165) is 15.7 Å². The fourth-order valence-corrected chi connectivity index (χ4v) is 3.87. The number of H-pyrrole nitrogens is 2. The number of para-hydroxylation sites is 1. The van der Waals surface area contributed by atoms with Crippen molar-refractivity contribution < 1.29 is 4.79 Å². The van der Waals surface area contributed by atoms with E-state index in [-0.39, 0.29) is 5.91 Å². The van der Waals surface area contributed by atoms with Crippen LogP contribution in [-0.4, -0.2) is 15.9 Å². The average Bonchev–Trinajstić information content (AvgIpc) is 2.57. The zero-order valence-corrected chi connectivity index (χ0v) is 15.6. The third-order valence-electron chi connectivity index (χ3n) is 3.50. The molecule has 128 valence electrons. The Kier molecular flexibility index (Phi) is 5.10. The number of carbonyl (C=O) groups excluding carboxylic acids is 1. The first-order chi connectivity index (χ1) is 12.0. The highest BCUT2D eigenvalue weighted by atomic mass is 79.9. The van der Waals surface area contributed by atoms with Crippen LogP contribution in [0.1, 0.15) is 12.5 Å². The standard InChI is InChI=1S/C17H14BrN3O3S/c1-10(22)21(13-5-3-2-4-6-13)25-9-11-7-12(18)8-14-15(11)20-17(24)16(23)19-14/h2-8H,9H2,1H3,(H,19,23)(H,20,24). The molecule has 2 N–H and O–H groups in total. The van der Waals surface area contributed by atoms with Crippen LogP contribution in [0.4, 0.5) is 5.69 Å². The highest BCUT2D eigenvalue weighted by molar-refractivity contribution is 9.10. The molecule has 0 spiro atoms. The van der Waals surface area contributed by atoms with E-state index in [4.69, 9.17) is 0 Å². The summed E-state index contributed by atoms with van der Waals surface area (Å²) in [5.41, 5.74) is 1.26. The van der Waals surface area contributed by atoms with Crippen LogP contribution in [0.3, 0.4) is 0 Å². The molecular weight excluding hydrogens is 406 g/mol. The summed E-state index contributed by atoms with van der Waals surface area (Å²) in [5, 5.41) is 0. The first kappa shape index (κ1) is 17.5. The van der Waals surface area contributed by atoms with Gasteiger partial charge in [-0.1, -0.05) is 34.1 Å². The van der Waals surface area contributed by atoms with Gasteiger partial charge in [0.2, 0.25) is 5.91 Å². The maximum atomic E-state index is 12.0. The monoisotopic (exact) mass is 419 g/mol. The molecule has 0 saturated carbocycles. The van der Waals surface area contributed by atoms with Gasteiger partial charge in [0, 0.05) is 17.1 Å². The first-order valence-corrected chi connectivity index (χ1v) is 9.12. The van der Waals surface area contributed by atoms with Gasteiger partial charge in [-0.3, -0.25) is 18.7 Å². The number of hydrogen-bond acceptors (Lipinski definition) is 4. The molecule has 0 aliphatic rings. The smallest absolute Gasteiger partial charge is 0.314 e. The summed E-state index contributed by atoms with van der Waals surface area (Å²) >= 11 is 4.72. The third-order valence-corrected chi connectivity index (χ3v) is 5.13. The zero-order valence-electron chi connectivity index (χ0n) is 13.2. The van der Waals surface area contributed by atoms with Crippen LogP contribution in [0.5, 0.6) is 0 Å². The van der Waals surface area contributed by atoms with Crippen molar-refractivity contribution in [1.82, 2.24) is 9.97 Å². The molecule has 1 aromatic heterocycles. The molecule has 0 atom stereocenters. The fourth-order valence-electron chi connectivity index (χ4n) is 2.42. The Morgan fingerprint density at radius 3 is 2.48 bits per heavy atom. The number of anilines is 1. The van der Waals surface area contributed by atoms with Gasteiger partial charge in [-0.2, -0.15) is 0 Å². The van der Waals surface area contributed by atoms with E-state index in [2.05, 4.69) is 25.9 Å². The largest absolute Gasteiger partial charge is 0.316 e. The van der Waals surface area contributed by atoms with E-state index in [0.29, 0.717) is 16.8 Å². The maximum Gasteiger partial charge on any atom is 0.314 e. The number of aromatic nitrogens is 2. The molecule has 3 aromatic rings. The molecule has 0 radical (unpaired) electrons. The molecule has 0 aliphatic carbocycles. The molecule has 3 rings (SSSR count). The van der Waals surface area contributed by atoms with Crippen LogP contribution >= 0.6 is 27.9 Å². The summed E-state index contributed by atoms with van der Waals surface area (Å²) < 4.78 is 2.36. The second-order valence-electron chi connectivity index (χ2n) is 5.32. The van der Waals surface area contributed by atoms with Gasteiger partial charge < -0.3 is 9.97 Å². The number of aromatic amines is 2. The predicted molar refractivity (Wildman–Crippen MR) is 104 cm³/mol. The lowest BCUT2D eigenvalue weighted by Gasteiger charge is -2.20. The van der Waals surface area contributed by atoms with Gasteiger partial charge in [-0.15, -0.1) is 0 Å². The fraction of sp³-hybridized carbons (Fsp3) is 0.118. The predicted octanol–water partition coefficient (Wildman–Crippen LogP) is 3.18. The molecule has 0 fully saturated rings. The molecule has 0 unspecified atom stereocenters. The van der Waals surface area contributed by atoms with Crippen LogP contribution in [-0.2, 0) is 10.5 Å². The van der Waals surface area contributed by atoms with Gasteiger partial charge in [0.05, 0.1) is 16.7 Å². The second kappa shape index (κ2) is 7.28. The van der Waals surface area contributed by atoms with Crippen molar-refractivity contribution in [3.8, 4) is 0 Å². The highest BCUT2D eigenvalue weighted by Crippen LogP contribution is 2.29. The Hall–Kier alpha value is -2.32. The Balaban J connectivity index is 1.97. The highest BCUT2D eigenvalue weighted by Gasteiger charge is 2.14. The van der Waals surface area contributed by atoms with E-state index in [1.807, 2.05) is 36.4 Å². The summed E-state index contributed by atoms with van der Waals surface area (Å²) in [7, 11) is 0. The number of benzene rings is 2. The average molecular weight is 420 g/mol. The molecule has 0 bridgehead atoms. The lowest BCUT2D eigenvalue weighted by Crippen LogP contribution is -2.29. The van der Waals surface area contributed by atoms with Gasteiger partial charge in [0.15, 0.2) is 0 Å². The lowest BCUT2D eigenvalue weighted by molar-refractivity contribution is -0.115. The third kappa shape index (κ3) is 3.85. The Bertz CT molecular complexity index is 1050. The first-order valence-electron chi connectivity index (χ1n) is 7.39.